The van der Waals surface area contributed by atoms with Crippen LogP contribution in [0.5, 0.6) is 0 Å². The van der Waals surface area contributed by atoms with Crippen molar-refractivity contribution in [2.24, 2.45) is 11.3 Å². The summed E-state index contributed by atoms with van der Waals surface area (Å²) in [5.74, 6) is 0.0976. The van der Waals surface area contributed by atoms with Crippen LogP contribution in [0.25, 0.3) is 0 Å². The molecule has 2 fully saturated rings. The molecule has 0 saturated carbocycles. The van der Waals surface area contributed by atoms with Crippen molar-refractivity contribution in [2.45, 2.75) is 20.4 Å². The van der Waals surface area contributed by atoms with Crippen LogP contribution >= 0.6 is 0 Å². The number of hydrogen-bond acceptors (Lipinski definition) is 5. The minimum Gasteiger partial charge on any atom is -0.380 e. The summed E-state index contributed by atoms with van der Waals surface area (Å²) in [6.07, 6.45) is 1.15. The maximum Gasteiger partial charge on any atom is 0.272 e. The van der Waals surface area contributed by atoms with Crippen LogP contribution in [0.2, 0.25) is 0 Å². The Labute approximate surface area is 142 Å². The maximum absolute atomic E-state index is 12.9. The van der Waals surface area contributed by atoms with Gasteiger partial charge in [0.05, 0.1) is 25.2 Å². The first kappa shape index (κ1) is 17.4. The molecule has 2 saturated heterocycles. The molecular weight excluding hydrogens is 332 g/mol. The third-order valence-electron chi connectivity index (χ3n) is 4.92. The van der Waals surface area contributed by atoms with Gasteiger partial charge in [-0.25, -0.2) is 13.1 Å². The fraction of sp³-hybridized carbons (Fsp3) is 0.733. The number of amides is 1. The Bertz CT molecular complexity index is 745. The van der Waals surface area contributed by atoms with E-state index in [1.165, 1.54) is 0 Å². The molecule has 2 aliphatic rings. The highest BCUT2D eigenvalue weighted by Gasteiger charge is 2.52. The Balaban J connectivity index is 1.78. The van der Waals surface area contributed by atoms with Crippen LogP contribution in [-0.2, 0) is 21.3 Å². The topological polar surface area (TPSA) is 93.5 Å². The second kappa shape index (κ2) is 6.12. The molecule has 1 aromatic rings. The number of sulfonamides is 1. The van der Waals surface area contributed by atoms with E-state index in [0.717, 1.165) is 11.9 Å². The molecule has 1 N–H and O–H groups in total. The maximum atomic E-state index is 12.9. The van der Waals surface area contributed by atoms with Gasteiger partial charge in [0.15, 0.2) is 0 Å². The van der Waals surface area contributed by atoms with E-state index in [1.54, 1.807) is 15.6 Å². The molecule has 1 amide bonds. The van der Waals surface area contributed by atoms with Crippen molar-refractivity contribution in [3.8, 4) is 0 Å². The summed E-state index contributed by atoms with van der Waals surface area (Å²) >= 11 is 0. The highest BCUT2D eigenvalue weighted by molar-refractivity contribution is 7.88. The lowest BCUT2D eigenvalue weighted by Crippen LogP contribution is -2.43. The summed E-state index contributed by atoms with van der Waals surface area (Å²) in [6, 6.07) is 1.80. The number of rotatable bonds is 5. The summed E-state index contributed by atoms with van der Waals surface area (Å²) < 4.78 is 32.8. The molecule has 0 aromatic carbocycles. The largest absolute Gasteiger partial charge is 0.380 e. The van der Waals surface area contributed by atoms with Crippen LogP contribution in [0.1, 0.15) is 23.1 Å². The fourth-order valence-corrected chi connectivity index (χ4v) is 4.18. The number of carbonyl (C=O) groups is 1. The lowest BCUT2D eigenvalue weighted by atomic mass is 9.81. The minimum atomic E-state index is -3.28. The first-order valence-corrected chi connectivity index (χ1v) is 9.99. The molecule has 0 aliphatic carbocycles. The summed E-state index contributed by atoms with van der Waals surface area (Å²) in [5.41, 5.74) is 1.06. The predicted molar refractivity (Wildman–Crippen MR) is 88.1 cm³/mol. The van der Waals surface area contributed by atoms with Crippen LogP contribution in [0.15, 0.2) is 6.07 Å². The normalized spacial score (nSPS) is 26.8. The van der Waals surface area contributed by atoms with Crippen molar-refractivity contribution in [2.75, 3.05) is 39.1 Å². The standard InChI is InChI=1S/C15H24N4O4S/c1-4-19-13(5-11(2)17-19)14(20)18-6-12-7-23-10-15(12,9-18)8-16-24(3,21)22/h5,12,16H,4,6-10H2,1-3H3/t12-,15+/m1/s1. The molecule has 3 rings (SSSR count). The number of aryl methyl sites for hydroxylation is 2. The Kier molecular flexibility index (Phi) is 4.43. The molecule has 0 unspecified atom stereocenters. The van der Waals surface area contributed by atoms with Crippen LogP contribution in [0.4, 0.5) is 0 Å². The van der Waals surface area contributed by atoms with Crippen LogP contribution in [0, 0.1) is 18.3 Å². The third kappa shape index (κ3) is 3.20. The third-order valence-corrected chi connectivity index (χ3v) is 5.58. The van der Waals surface area contributed by atoms with Crippen molar-refractivity contribution < 1.29 is 17.9 Å². The van der Waals surface area contributed by atoms with Crippen LogP contribution in [-0.4, -0.2) is 68.1 Å². The molecule has 2 atom stereocenters. The zero-order valence-electron chi connectivity index (χ0n) is 14.3. The molecule has 134 valence electrons. The Hall–Kier alpha value is -1.45. The van der Waals surface area contributed by atoms with Crippen molar-refractivity contribution in [3.63, 3.8) is 0 Å². The molecule has 2 aliphatic heterocycles. The summed E-state index contributed by atoms with van der Waals surface area (Å²) in [4.78, 5) is 14.7. The second-order valence-electron chi connectivity index (χ2n) is 6.84. The summed E-state index contributed by atoms with van der Waals surface area (Å²) in [5, 5.41) is 4.33. The van der Waals surface area contributed by atoms with Gasteiger partial charge in [0.25, 0.3) is 5.91 Å². The van der Waals surface area contributed by atoms with Gasteiger partial charge in [-0.3, -0.25) is 9.48 Å². The first-order chi connectivity index (χ1) is 11.2. The molecule has 3 heterocycles. The molecular formula is C15H24N4O4S. The second-order valence-corrected chi connectivity index (χ2v) is 8.67. The van der Waals surface area contributed by atoms with E-state index in [4.69, 9.17) is 4.74 Å². The van der Waals surface area contributed by atoms with E-state index in [9.17, 15) is 13.2 Å². The van der Waals surface area contributed by atoms with Gasteiger partial charge in [-0.05, 0) is 19.9 Å². The quantitative estimate of drug-likeness (QED) is 0.792. The van der Waals surface area contributed by atoms with Crippen molar-refractivity contribution in [3.05, 3.63) is 17.5 Å². The van der Waals surface area contributed by atoms with E-state index >= 15 is 0 Å². The van der Waals surface area contributed by atoms with Crippen molar-refractivity contribution in [1.82, 2.24) is 19.4 Å². The molecule has 1 aromatic heterocycles. The number of aromatic nitrogens is 2. The van der Waals surface area contributed by atoms with Gasteiger partial charge in [-0.1, -0.05) is 0 Å². The Morgan fingerprint density at radius 1 is 1.54 bits per heavy atom. The minimum absolute atomic E-state index is 0.0504. The average molecular weight is 356 g/mol. The van der Waals surface area contributed by atoms with E-state index in [2.05, 4.69) is 9.82 Å². The van der Waals surface area contributed by atoms with Crippen LogP contribution < -0.4 is 4.72 Å². The lowest BCUT2D eigenvalue weighted by Gasteiger charge is -2.27. The molecule has 0 radical (unpaired) electrons. The number of ether oxygens (including phenoxy) is 1. The number of carbonyl (C=O) groups excluding carboxylic acids is 1. The molecule has 8 nitrogen and oxygen atoms in total. The van der Waals surface area contributed by atoms with E-state index < -0.39 is 10.0 Å². The number of hydrogen-bond donors (Lipinski definition) is 1. The smallest absolute Gasteiger partial charge is 0.272 e. The monoisotopic (exact) mass is 356 g/mol. The lowest BCUT2D eigenvalue weighted by molar-refractivity contribution is 0.0710. The Morgan fingerprint density at radius 2 is 2.29 bits per heavy atom. The molecule has 0 spiro atoms. The predicted octanol–water partition coefficient (Wildman–Crippen LogP) is -0.151. The highest BCUT2D eigenvalue weighted by Crippen LogP contribution is 2.41. The van der Waals surface area contributed by atoms with E-state index in [-0.39, 0.29) is 17.2 Å². The first-order valence-electron chi connectivity index (χ1n) is 8.10. The van der Waals surface area contributed by atoms with E-state index in [1.807, 2.05) is 13.8 Å². The number of fused-ring (bicyclic) bond motifs is 1. The molecule has 24 heavy (non-hydrogen) atoms. The van der Waals surface area contributed by atoms with Crippen LogP contribution in [0.3, 0.4) is 0 Å². The molecule has 9 heteroatoms. The summed E-state index contributed by atoms with van der Waals surface area (Å²) in [7, 11) is -3.28. The fourth-order valence-electron chi connectivity index (χ4n) is 3.63. The van der Waals surface area contributed by atoms with Gasteiger partial charge in [-0.2, -0.15) is 5.10 Å². The Morgan fingerprint density at radius 3 is 2.96 bits per heavy atom. The van der Waals surface area contributed by atoms with Crippen molar-refractivity contribution in [1.29, 1.82) is 0 Å². The SMILES string of the molecule is CCn1nc(C)cc1C(=O)N1C[C@@H]2COC[C@]2(CNS(C)(=O)=O)C1. The zero-order chi connectivity index (χ0) is 17.5. The van der Waals surface area contributed by atoms with Gasteiger partial charge < -0.3 is 9.64 Å². The zero-order valence-corrected chi connectivity index (χ0v) is 15.1. The van der Waals surface area contributed by atoms with Gasteiger partial charge in [0.2, 0.25) is 10.0 Å². The van der Waals surface area contributed by atoms with Gasteiger partial charge in [-0.15, -0.1) is 0 Å². The molecule has 0 bridgehead atoms. The van der Waals surface area contributed by atoms with E-state index in [0.29, 0.717) is 45.1 Å². The van der Waals surface area contributed by atoms with Gasteiger partial charge >= 0.3 is 0 Å². The number of nitrogens with zero attached hydrogens (tertiary/aromatic N) is 3. The van der Waals surface area contributed by atoms with Gasteiger partial charge in [0, 0.05) is 37.5 Å². The number of nitrogens with one attached hydrogen (secondary N) is 1. The van der Waals surface area contributed by atoms with Gasteiger partial charge in [0.1, 0.15) is 5.69 Å². The summed E-state index contributed by atoms with van der Waals surface area (Å²) in [6.45, 7) is 6.85. The highest BCUT2D eigenvalue weighted by atomic mass is 32.2. The number of likely N-dealkylation sites (tertiary alicyclic amines) is 1. The van der Waals surface area contributed by atoms with Crippen molar-refractivity contribution >= 4 is 15.9 Å². The average Bonchev–Trinajstić information content (AvgIpc) is 3.15.